The third kappa shape index (κ3) is 3.31. The molecule has 0 bridgehead atoms. The van der Waals surface area contributed by atoms with E-state index in [4.69, 9.17) is 28.9 Å². The highest BCUT2D eigenvalue weighted by molar-refractivity contribution is 6.38. The molecule has 86 valence electrons. The van der Waals surface area contributed by atoms with E-state index in [2.05, 4.69) is 17.2 Å². The zero-order valence-corrected chi connectivity index (χ0v) is 10.8. The van der Waals surface area contributed by atoms with Gasteiger partial charge in [0.05, 0.1) is 22.3 Å². The van der Waals surface area contributed by atoms with Crippen molar-refractivity contribution in [3.63, 3.8) is 0 Å². The molecule has 0 fully saturated rings. The Bertz CT molecular complexity index is 409. The number of benzene rings is 1. The van der Waals surface area contributed by atoms with Gasteiger partial charge in [0, 0.05) is 6.04 Å². The molecule has 2 nitrogen and oxygen atoms in total. The Hall–Kier alpha value is -0.880. The Morgan fingerprint density at radius 1 is 1.38 bits per heavy atom. The van der Waals surface area contributed by atoms with Crippen LogP contribution in [0.15, 0.2) is 12.1 Å². The molecule has 1 aromatic rings. The van der Waals surface area contributed by atoms with E-state index in [1.54, 1.807) is 0 Å². The Morgan fingerprint density at radius 3 is 2.44 bits per heavy atom. The summed E-state index contributed by atoms with van der Waals surface area (Å²) in [6.07, 6.45) is 0. The minimum Gasteiger partial charge on any atom is -0.396 e. The zero-order chi connectivity index (χ0) is 12.1. The number of nitrogens with two attached hydrogens (primary N) is 1. The van der Waals surface area contributed by atoms with Crippen molar-refractivity contribution in [3.05, 3.63) is 27.7 Å². The SMILES string of the molecule is CC#CCNC(C)c1cc(Cl)c(N)c(Cl)c1. The van der Waals surface area contributed by atoms with Gasteiger partial charge in [0.25, 0.3) is 0 Å². The van der Waals surface area contributed by atoms with Crippen LogP contribution in [0.5, 0.6) is 0 Å². The highest BCUT2D eigenvalue weighted by Crippen LogP contribution is 2.30. The lowest BCUT2D eigenvalue weighted by Gasteiger charge is -2.14. The van der Waals surface area contributed by atoms with Crippen LogP contribution < -0.4 is 11.1 Å². The minimum atomic E-state index is 0.136. The molecule has 1 unspecified atom stereocenters. The third-order valence-electron chi connectivity index (χ3n) is 2.27. The van der Waals surface area contributed by atoms with Gasteiger partial charge in [-0.2, -0.15) is 0 Å². The normalized spacial score (nSPS) is 11.8. The average Bonchev–Trinajstić information content (AvgIpc) is 2.25. The van der Waals surface area contributed by atoms with Gasteiger partial charge in [0.15, 0.2) is 0 Å². The number of rotatable bonds is 3. The summed E-state index contributed by atoms with van der Waals surface area (Å²) < 4.78 is 0. The van der Waals surface area contributed by atoms with Crippen LogP contribution in [0, 0.1) is 11.8 Å². The predicted octanol–water partition coefficient (Wildman–Crippen LogP) is 3.25. The Labute approximate surface area is 106 Å². The van der Waals surface area contributed by atoms with Gasteiger partial charge in [-0.05, 0) is 31.5 Å². The van der Waals surface area contributed by atoms with E-state index in [0.29, 0.717) is 22.3 Å². The summed E-state index contributed by atoms with van der Waals surface area (Å²) >= 11 is 11.9. The summed E-state index contributed by atoms with van der Waals surface area (Å²) in [6.45, 7) is 4.47. The zero-order valence-electron chi connectivity index (χ0n) is 9.27. The number of anilines is 1. The van der Waals surface area contributed by atoms with E-state index < -0.39 is 0 Å². The molecule has 1 rings (SSSR count). The molecule has 3 N–H and O–H groups in total. The topological polar surface area (TPSA) is 38.0 Å². The fraction of sp³-hybridized carbons (Fsp3) is 0.333. The molecular formula is C12H14Cl2N2. The van der Waals surface area contributed by atoms with Crippen LogP contribution in [0.25, 0.3) is 0 Å². The van der Waals surface area contributed by atoms with E-state index >= 15 is 0 Å². The molecule has 0 spiro atoms. The first-order valence-electron chi connectivity index (χ1n) is 4.93. The van der Waals surface area contributed by atoms with Gasteiger partial charge >= 0.3 is 0 Å². The highest BCUT2D eigenvalue weighted by Gasteiger charge is 2.09. The minimum absolute atomic E-state index is 0.136. The summed E-state index contributed by atoms with van der Waals surface area (Å²) in [5, 5.41) is 4.21. The molecular weight excluding hydrogens is 243 g/mol. The van der Waals surface area contributed by atoms with Crippen LogP contribution in [0.2, 0.25) is 10.0 Å². The smallest absolute Gasteiger partial charge is 0.0693 e. The van der Waals surface area contributed by atoms with Gasteiger partial charge in [0.1, 0.15) is 0 Å². The van der Waals surface area contributed by atoms with Crippen molar-refractivity contribution in [2.75, 3.05) is 12.3 Å². The summed E-state index contributed by atoms with van der Waals surface area (Å²) in [5.74, 6) is 5.76. The standard InChI is InChI=1S/C12H14Cl2N2/c1-3-4-5-16-8(2)9-6-10(13)12(15)11(14)7-9/h6-8,16H,5,15H2,1-2H3. The first kappa shape index (κ1) is 13.2. The van der Waals surface area contributed by atoms with Gasteiger partial charge in [-0.3, -0.25) is 5.32 Å². The molecule has 0 saturated heterocycles. The van der Waals surface area contributed by atoms with Crippen LogP contribution in [0.1, 0.15) is 25.5 Å². The molecule has 0 amide bonds. The molecule has 0 aliphatic heterocycles. The molecule has 16 heavy (non-hydrogen) atoms. The molecule has 0 aliphatic rings. The second kappa shape index (κ2) is 6.00. The van der Waals surface area contributed by atoms with E-state index in [-0.39, 0.29) is 6.04 Å². The fourth-order valence-electron chi connectivity index (χ4n) is 1.26. The molecule has 0 radical (unpaired) electrons. The lowest BCUT2D eigenvalue weighted by molar-refractivity contribution is 0.623. The fourth-order valence-corrected chi connectivity index (χ4v) is 1.77. The first-order chi connectivity index (χ1) is 7.56. The van der Waals surface area contributed by atoms with Gasteiger partial charge < -0.3 is 5.73 Å². The number of hydrogen-bond acceptors (Lipinski definition) is 2. The molecule has 0 aromatic heterocycles. The Morgan fingerprint density at radius 2 is 1.94 bits per heavy atom. The summed E-state index contributed by atoms with van der Waals surface area (Å²) in [5.41, 5.74) is 7.09. The lowest BCUT2D eigenvalue weighted by atomic mass is 10.1. The molecule has 0 saturated carbocycles. The summed E-state index contributed by atoms with van der Waals surface area (Å²) in [6, 6.07) is 3.77. The van der Waals surface area contributed by atoms with Gasteiger partial charge in [-0.15, -0.1) is 5.92 Å². The van der Waals surface area contributed by atoms with Crippen LogP contribution in [-0.4, -0.2) is 6.54 Å². The maximum atomic E-state index is 5.96. The number of hydrogen-bond donors (Lipinski definition) is 2. The third-order valence-corrected chi connectivity index (χ3v) is 2.90. The molecule has 4 heteroatoms. The van der Waals surface area contributed by atoms with Crippen LogP contribution >= 0.6 is 23.2 Å². The van der Waals surface area contributed by atoms with E-state index in [0.717, 1.165) is 5.56 Å². The van der Waals surface area contributed by atoms with E-state index in [9.17, 15) is 0 Å². The largest absolute Gasteiger partial charge is 0.396 e. The van der Waals surface area contributed by atoms with Crippen LogP contribution in [-0.2, 0) is 0 Å². The second-order valence-corrected chi connectivity index (χ2v) is 4.24. The van der Waals surface area contributed by atoms with E-state index in [1.807, 2.05) is 26.0 Å². The molecule has 0 heterocycles. The maximum Gasteiger partial charge on any atom is 0.0693 e. The number of halogens is 2. The van der Waals surface area contributed by atoms with Crippen molar-refractivity contribution < 1.29 is 0 Å². The van der Waals surface area contributed by atoms with Crippen molar-refractivity contribution in [2.24, 2.45) is 0 Å². The highest BCUT2D eigenvalue weighted by atomic mass is 35.5. The Kier molecular flexibility index (Phi) is 4.95. The van der Waals surface area contributed by atoms with Gasteiger partial charge in [-0.25, -0.2) is 0 Å². The van der Waals surface area contributed by atoms with E-state index in [1.165, 1.54) is 0 Å². The first-order valence-corrected chi connectivity index (χ1v) is 5.69. The quantitative estimate of drug-likeness (QED) is 0.644. The van der Waals surface area contributed by atoms with Crippen molar-refractivity contribution in [2.45, 2.75) is 19.9 Å². The molecule has 1 atom stereocenters. The number of nitrogens with one attached hydrogen (secondary N) is 1. The second-order valence-electron chi connectivity index (χ2n) is 3.43. The van der Waals surface area contributed by atoms with Crippen molar-refractivity contribution >= 4 is 28.9 Å². The molecule has 0 aliphatic carbocycles. The molecule has 1 aromatic carbocycles. The maximum absolute atomic E-state index is 5.96. The van der Waals surface area contributed by atoms with Crippen molar-refractivity contribution in [1.82, 2.24) is 5.32 Å². The van der Waals surface area contributed by atoms with Gasteiger partial charge in [0.2, 0.25) is 0 Å². The lowest BCUT2D eigenvalue weighted by Crippen LogP contribution is -2.18. The van der Waals surface area contributed by atoms with Crippen LogP contribution in [0.3, 0.4) is 0 Å². The predicted molar refractivity (Wildman–Crippen MR) is 70.7 cm³/mol. The number of nitrogen functional groups attached to an aromatic ring is 1. The van der Waals surface area contributed by atoms with Gasteiger partial charge in [-0.1, -0.05) is 29.1 Å². The Balaban J connectivity index is 2.82. The van der Waals surface area contributed by atoms with Crippen molar-refractivity contribution in [3.8, 4) is 11.8 Å². The van der Waals surface area contributed by atoms with Crippen molar-refractivity contribution in [1.29, 1.82) is 0 Å². The average molecular weight is 257 g/mol. The monoisotopic (exact) mass is 256 g/mol. The summed E-state index contributed by atoms with van der Waals surface area (Å²) in [7, 11) is 0. The van der Waals surface area contributed by atoms with Crippen LogP contribution in [0.4, 0.5) is 5.69 Å². The summed E-state index contributed by atoms with van der Waals surface area (Å²) in [4.78, 5) is 0.